The molecule has 0 fully saturated rings. The van der Waals surface area contributed by atoms with E-state index in [1.165, 1.54) is 0 Å². The first-order chi connectivity index (χ1) is 15.0. The van der Waals surface area contributed by atoms with E-state index in [1.54, 1.807) is 13.8 Å². The molecule has 0 heterocycles. The SMILES string of the molecule is CC(C)CC(=O)CCCNC(=O)CCC(=O)CNC(=O)CCC(=O)COCC(=O)C(C)C. The van der Waals surface area contributed by atoms with Crippen molar-refractivity contribution in [3.8, 4) is 0 Å². The molecule has 0 atom stereocenters. The Labute approximate surface area is 190 Å². The van der Waals surface area contributed by atoms with E-state index in [0.29, 0.717) is 31.7 Å². The van der Waals surface area contributed by atoms with Crippen molar-refractivity contribution in [2.75, 3.05) is 26.3 Å². The minimum absolute atomic E-state index is 0.00492. The van der Waals surface area contributed by atoms with Gasteiger partial charge in [-0.25, -0.2) is 0 Å². The van der Waals surface area contributed by atoms with E-state index in [-0.39, 0.29) is 80.4 Å². The van der Waals surface area contributed by atoms with E-state index in [4.69, 9.17) is 4.74 Å². The molecule has 0 aliphatic rings. The smallest absolute Gasteiger partial charge is 0.220 e. The molecular weight excluding hydrogens is 416 g/mol. The Morgan fingerprint density at radius 1 is 0.688 bits per heavy atom. The van der Waals surface area contributed by atoms with E-state index < -0.39 is 5.91 Å². The summed E-state index contributed by atoms with van der Waals surface area (Å²) < 4.78 is 5.03. The van der Waals surface area contributed by atoms with Gasteiger partial charge >= 0.3 is 0 Å². The number of hydrogen-bond acceptors (Lipinski definition) is 7. The van der Waals surface area contributed by atoms with Gasteiger partial charge in [0, 0.05) is 51.0 Å². The van der Waals surface area contributed by atoms with Gasteiger partial charge in [-0.1, -0.05) is 27.7 Å². The van der Waals surface area contributed by atoms with Crippen molar-refractivity contribution in [2.24, 2.45) is 11.8 Å². The highest BCUT2D eigenvalue weighted by Gasteiger charge is 2.12. The third-order valence-corrected chi connectivity index (χ3v) is 4.49. The van der Waals surface area contributed by atoms with Gasteiger partial charge in [0.15, 0.2) is 17.3 Å². The molecule has 9 heteroatoms. The summed E-state index contributed by atoms with van der Waals surface area (Å²) in [6.45, 7) is 7.26. The molecule has 0 aliphatic heterocycles. The summed E-state index contributed by atoms with van der Waals surface area (Å²) in [6, 6.07) is 0. The zero-order valence-corrected chi connectivity index (χ0v) is 19.8. The van der Waals surface area contributed by atoms with Crippen LogP contribution >= 0.6 is 0 Å². The third-order valence-electron chi connectivity index (χ3n) is 4.49. The van der Waals surface area contributed by atoms with Gasteiger partial charge in [0.2, 0.25) is 11.8 Å². The summed E-state index contributed by atoms with van der Waals surface area (Å²) in [7, 11) is 0. The second-order valence-electron chi connectivity index (χ2n) is 8.56. The lowest BCUT2D eigenvalue weighted by Gasteiger charge is -2.07. The van der Waals surface area contributed by atoms with Crippen LogP contribution in [-0.4, -0.2) is 61.3 Å². The summed E-state index contributed by atoms with van der Waals surface area (Å²) in [5.74, 6) is -1.07. The number of ketones is 4. The normalized spacial score (nSPS) is 10.8. The van der Waals surface area contributed by atoms with E-state index in [9.17, 15) is 28.8 Å². The van der Waals surface area contributed by atoms with E-state index in [1.807, 2.05) is 13.8 Å². The minimum atomic E-state index is -0.444. The fraction of sp³-hybridized carbons (Fsp3) is 0.739. The van der Waals surface area contributed by atoms with Crippen molar-refractivity contribution < 1.29 is 33.5 Å². The number of ether oxygens (including phenoxy) is 1. The number of carbonyl (C=O) groups excluding carboxylic acids is 6. The maximum absolute atomic E-state index is 11.8. The highest BCUT2D eigenvalue weighted by molar-refractivity contribution is 5.90. The molecular formula is C23H38N2O7. The number of rotatable bonds is 19. The lowest BCUT2D eigenvalue weighted by molar-refractivity contribution is -0.132. The maximum atomic E-state index is 11.8. The van der Waals surface area contributed by atoms with Gasteiger partial charge in [-0.15, -0.1) is 0 Å². The van der Waals surface area contributed by atoms with Gasteiger partial charge in [0.1, 0.15) is 19.0 Å². The standard InChI is InChI=1S/C23H38N2O7/c1-16(2)12-18(26)6-5-11-24-22(30)9-7-19(27)13-25-23(31)10-8-20(28)14-32-15-21(29)17(3)4/h16-17H,5-15H2,1-4H3,(H,24,30)(H,25,31). The van der Waals surface area contributed by atoms with Gasteiger partial charge in [0.05, 0.1) is 6.54 Å². The van der Waals surface area contributed by atoms with E-state index in [0.717, 1.165) is 0 Å². The Bertz CT molecular complexity index is 657. The van der Waals surface area contributed by atoms with Crippen LogP contribution in [0.4, 0.5) is 0 Å². The van der Waals surface area contributed by atoms with Gasteiger partial charge < -0.3 is 15.4 Å². The molecule has 2 N–H and O–H groups in total. The van der Waals surface area contributed by atoms with Crippen LogP contribution in [0.3, 0.4) is 0 Å². The molecule has 0 aliphatic carbocycles. The number of nitrogens with one attached hydrogen (secondary N) is 2. The molecule has 0 aromatic heterocycles. The summed E-state index contributed by atoms with van der Waals surface area (Å²) >= 11 is 0. The number of carbonyl (C=O) groups is 6. The number of hydrogen-bond donors (Lipinski definition) is 2. The Hall–Kier alpha value is -2.42. The molecule has 2 amide bonds. The molecule has 9 nitrogen and oxygen atoms in total. The van der Waals surface area contributed by atoms with Crippen molar-refractivity contribution in [2.45, 2.75) is 72.6 Å². The molecule has 0 rings (SSSR count). The molecule has 0 saturated heterocycles. The zero-order chi connectivity index (χ0) is 24.5. The average Bonchev–Trinajstić information content (AvgIpc) is 2.71. The quantitative estimate of drug-likeness (QED) is 0.283. The highest BCUT2D eigenvalue weighted by atomic mass is 16.5. The van der Waals surface area contributed by atoms with Crippen LogP contribution in [0.5, 0.6) is 0 Å². The van der Waals surface area contributed by atoms with Crippen molar-refractivity contribution >= 4 is 34.9 Å². The Kier molecular flexibility index (Phi) is 15.9. The van der Waals surface area contributed by atoms with Crippen LogP contribution in [-0.2, 0) is 33.5 Å². The van der Waals surface area contributed by atoms with Gasteiger partial charge in [-0.05, 0) is 12.3 Å². The molecule has 0 bridgehead atoms. The first-order valence-electron chi connectivity index (χ1n) is 11.2. The Morgan fingerprint density at radius 3 is 1.88 bits per heavy atom. The van der Waals surface area contributed by atoms with E-state index >= 15 is 0 Å². The van der Waals surface area contributed by atoms with Crippen molar-refractivity contribution in [1.29, 1.82) is 0 Å². The predicted molar refractivity (Wildman–Crippen MR) is 119 cm³/mol. The largest absolute Gasteiger partial charge is 0.366 e. The van der Waals surface area contributed by atoms with Crippen molar-refractivity contribution in [1.82, 2.24) is 10.6 Å². The molecule has 0 aromatic carbocycles. The van der Waals surface area contributed by atoms with Crippen LogP contribution in [0.25, 0.3) is 0 Å². The van der Waals surface area contributed by atoms with Crippen LogP contribution in [0.2, 0.25) is 0 Å². The topological polar surface area (TPSA) is 136 Å². The molecule has 0 spiro atoms. The highest BCUT2D eigenvalue weighted by Crippen LogP contribution is 2.04. The maximum Gasteiger partial charge on any atom is 0.220 e. The van der Waals surface area contributed by atoms with Gasteiger partial charge in [0.25, 0.3) is 0 Å². The first-order valence-corrected chi connectivity index (χ1v) is 11.2. The Morgan fingerprint density at radius 2 is 1.28 bits per heavy atom. The molecule has 0 radical (unpaired) electrons. The fourth-order valence-corrected chi connectivity index (χ4v) is 2.54. The summed E-state index contributed by atoms with van der Waals surface area (Å²) in [5.41, 5.74) is 0. The van der Waals surface area contributed by atoms with Gasteiger partial charge in [-0.2, -0.15) is 0 Å². The minimum Gasteiger partial charge on any atom is -0.366 e. The summed E-state index contributed by atoms with van der Waals surface area (Å²) in [4.78, 5) is 69.9. The molecule has 182 valence electrons. The first kappa shape index (κ1) is 29.6. The zero-order valence-electron chi connectivity index (χ0n) is 19.8. The van der Waals surface area contributed by atoms with Crippen molar-refractivity contribution in [3.63, 3.8) is 0 Å². The van der Waals surface area contributed by atoms with E-state index in [2.05, 4.69) is 10.6 Å². The molecule has 0 saturated carbocycles. The predicted octanol–water partition coefficient (Wildman–Crippen LogP) is 1.55. The summed E-state index contributed by atoms with van der Waals surface area (Å²) in [6.07, 6.45) is 1.42. The van der Waals surface area contributed by atoms with Crippen molar-refractivity contribution in [3.05, 3.63) is 0 Å². The molecule has 0 aromatic rings. The van der Waals surface area contributed by atoms with Crippen LogP contribution < -0.4 is 10.6 Å². The second kappa shape index (κ2) is 17.2. The van der Waals surface area contributed by atoms with Crippen LogP contribution in [0.15, 0.2) is 0 Å². The van der Waals surface area contributed by atoms with Crippen LogP contribution in [0.1, 0.15) is 72.6 Å². The fourth-order valence-electron chi connectivity index (χ4n) is 2.54. The molecule has 32 heavy (non-hydrogen) atoms. The van der Waals surface area contributed by atoms with Crippen LogP contribution in [0, 0.1) is 11.8 Å². The average molecular weight is 455 g/mol. The Balaban J connectivity index is 3.80. The third kappa shape index (κ3) is 17.3. The summed E-state index contributed by atoms with van der Waals surface area (Å²) in [5, 5.41) is 5.10. The monoisotopic (exact) mass is 454 g/mol. The molecule has 0 unspecified atom stereocenters. The number of Topliss-reactive ketones (excluding diaryl/α,β-unsaturated/α-hetero) is 4. The lowest BCUT2D eigenvalue weighted by Crippen LogP contribution is -2.31. The second-order valence-corrected chi connectivity index (χ2v) is 8.56. The van der Waals surface area contributed by atoms with Gasteiger partial charge in [-0.3, -0.25) is 28.8 Å². The number of amides is 2. The lowest BCUT2D eigenvalue weighted by atomic mass is 10.0.